The van der Waals surface area contributed by atoms with E-state index >= 15 is 0 Å². The van der Waals surface area contributed by atoms with Gasteiger partial charge in [0.15, 0.2) is 0 Å². The zero-order valence-corrected chi connectivity index (χ0v) is 15.5. The van der Waals surface area contributed by atoms with Crippen LogP contribution in [0.4, 0.5) is 5.69 Å². The van der Waals surface area contributed by atoms with Crippen molar-refractivity contribution in [2.45, 2.75) is 72.1 Å². The highest BCUT2D eigenvalue weighted by Crippen LogP contribution is 2.44. The predicted molar refractivity (Wildman–Crippen MR) is 100 cm³/mol. The SMILES string of the molecule is CC(C)(C)C1CCc2nc3sc4c(c3c(N)c2C1)CCCCC4. The van der Waals surface area contributed by atoms with E-state index in [-0.39, 0.29) is 0 Å². The highest BCUT2D eigenvalue weighted by molar-refractivity contribution is 7.19. The Labute approximate surface area is 143 Å². The second-order valence-corrected chi connectivity index (χ2v) is 9.58. The van der Waals surface area contributed by atoms with Crippen LogP contribution >= 0.6 is 11.3 Å². The zero-order chi connectivity index (χ0) is 16.2. The van der Waals surface area contributed by atoms with Gasteiger partial charge in [0.05, 0.1) is 0 Å². The van der Waals surface area contributed by atoms with Crippen molar-refractivity contribution >= 4 is 27.2 Å². The highest BCUT2D eigenvalue weighted by Gasteiger charge is 2.32. The van der Waals surface area contributed by atoms with E-state index in [1.54, 1.807) is 4.88 Å². The van der Waals surface area contributed by atoms with Crippen LogP contribution in [0.5, 0.6) is 0 Å². The number of nitrogen functional groups attached to an aromatic ring is 1. The number of fused-ring (bicyclic) bond motifs is 4. The van der Waals surface area contributed by atoms with Gasteiger partial charge >= 0.3 is 0 Å². The molecule has 0 saturated carbocycles. The molecule has 2 aliphatic rings. The third kappa shape index (κ3) is 2.57. The molecular weight excluding hydrogens is 300 g/mol. The number of hydrogen-bond acceptors (Lipinski definition) is 3. The van der Waals surface area contributed by atoms with Crippen LogP contribution in [-0.2, 0) is 25.7 Å². The summed E-state index contributed by atoms with van der Waals surface area (Å²) >= 11 is 1.92. The molecule has 0 radical (unpaired) electrons. The molecule has 0 aliphatic heterocycles. The largest absolute Gasteiger partial charge is 0.398 e. The van der Waals surface area contributed by atoms with E-state index in [0.29, 0.717) is 11.3 Å². The van der Waals surface area contributed by atoms with E-state index in [2.05, 4.69) is 20.8 Å². The number of anilines is 1. The number of nitrogens with zero attached hydrogens (tertiary/aromatic N) is 1. The van der Waals surface area contributed by atoms with Gasteiger partial charge in [0.1, 0.15) is 4.83 Å². The van der Waals surface area contributed by atoms with E-state index in [9.17, 15) is 0 Å². The van der Waals surface area contributed by atoms with Gasteiger partial charge in [-0.15, -0.1) is 11.3 Å². The number of aromatic nitrogens is 1. The molecule has 1 atom stereocenters. The normalized spacial score (nSPS) is 21.8. The van der Waals surface area contributed by atoms with Crippen LogP contribution in [0.2, 0.25) is 0 Å². The summed E-state index contributed by atoms with van der Waals surface area (Å²) in [5.74, 6) is 0.716. The Kier molecular flexibility index (Phi) is 3.67. The van der Waals surface area contributed by atoms with E-state index in [1.807, 2.05) is 11.3 Å². The summed E-state index contributed by atoms with van der Waals surface area (Å²) in [6, 6.07) is 0. The number of nitrogens with two attached hydrogens (primary N) is 1. The van der Waals surface area contributed by atoms with Gasteiger partial charge in [0.25, 0.3) is 0 Å². The summed E-state index contributed by atoms with van der Waals surface area (Å²) in [7, 11) is 0. The maximum absolute atomic E-state index is 6.73. The van der Waals surface area contributed by atoms with Gasteiger partial charge in [0, 0.05) is 21.6 Å². The van der Waals surface area contributed by atoms with Gasteiger partial charge in [0.2, 0.25) is 0 Å². The fourth-order valence-corrected chi connectivity index (χ4v) is 5.71. The summed E-state index contributed by atoms with van der Waals surface area (Å²) in [6.07, 6.45) is 9.87. The Bertz CT molecular complexity index is 751. The third-order valence-electron chi connectivity index (χ3n) is 5.99. The van der Waals surface area contributed by atoms with Crippen LogP contribution in [0.15, 0.2) is 0 Å². The predicted octanol–water partition coefficient (Wildman–Crippen LogP) is 5.30. The lowest BCUT2D eigenvalue weighted by Gasteiger charge is -2.35. The summed E-state index contributed by atoms with van der Waals surface area (Å²) < 4.78 is 0. The molecule has 0 aromatic carbocycles. The van der Waals surface area contributed by atoms with E-state index < -0.39 is 0 Å². The lowest BCUT2D eigenvalue weighted by Crippen LogP contribution is -2.28. The fraction of sp³-hybridized carbons (Fsp3) is 0.650. The Morgan fingerprint density at radius 3 is 2.61 bits per heavy atom. The molecule has 2 N–H and O–H groups in total. The van der Waals surface area contributed by atoms with Crippen molar-refractivity contribution in [3.05, 3.63) is 21.7 Å². The monoisotopic (exact) mass is 328 g/mol. The lowest BCUT2D eigenvalue weighted by atomic mass is 9.71. The second kappa shape index (κ2) is 5.47. The van der Waals surface area contributed by atoms with Crippen molar-refractivity contribution in [3.63, 3.8) is 0 Å². The topological polar surface area (TPSA) is 38.9 Å². The third-order valence-corrected chi connectivity index (χ3v) is 7.17. The number of hydrogen-bond donors (Lipinski definition) is 1. The molecule has 23 heavy (non-hydrogen) atoms. The second-order valence-electron chi connectivity index (χ2n) is 8.50. The highest BCUT2D eigenvalue weighted by atomic mass is 32.1. The molecule has 2 heterocycles. The molecule has 1 unspecified atom stereocenters. The molecule has 2 nitrogen and oxygen atoms in total. The van der Waals surface area contributed by atoms with E-state index in [1.165, 1.54) is 65.6 Å². The molecular formula is C20H28N2S. The Balaban J connectivity index is 1.85. The van der Waals surface area contributed by atoms with Crippen molar-refractivity contribution in [2.75, 3.05) is 5.73 Å². The summed E-state index contributed by atoms with van der Waals surface area (Å²) in [4.78, 5) is 7.84. The molecule has 2 aromatic rings. The Hall–Kier alpha value is -1.09. The molecule has 124 valence electrons. The summed E-state index contributed by atoms with van der Waals surface area (Å²) in [5.41, 5.74) is 12.3. The van der Waals surface area contributed by atoms with Gasteiger partial charge in [-0.2, -0.15) is 0 Å². The fourth-order valence-electron chi connectivity index (χ4n) is 4.41. The van der Waals surface area contributed by atoms with Crippen molar-refractivity contribution in [1.82, 2.24) is 4.98 Å². The minimum Gasteiger partial charge on any atom is -0.398 e. The average Bonchev–Trinajstić information content (AvgIpc) is 2.68. The summed E-state index contributed by atoms with van der Waals surface area (Å²) in [6.45, 7) is 7.09. The van der Waals surface area contributed by atoms with Crippen LogP contribution < -0.4 is 5.73 Å². The van der Waals surface area contributed by atoms with Crippen LogP contribution in [0, 0.1) is 11.3 Å². The number of aryl methyl sites for hydroxylation is 3. The van der Waals surface area contributed by atoms with Gasteiger partial charge in [-0.25, -0.2) is 4.98 Å². The standard InChI is InChI=1S/C20H28N2S/c1-20(2,3)12-9-10-15-14(11-12)18(21)17-13-7-5-4-6-8-16(13)23-19(17)22-15/h12H,4-11H2,1-3H3,(H2,21,22). The average molecular weight is 329 g/mol. The van der Waals surface area contributed by atoms with Crippen molar-refractivity contribution in [3.8, 4) is 0 Å². The first-order valence-electron chi connectivity index (χ1n) is 9.16. The Morgan fingerprint density at radius 1 is 1.04 bits per heavy atom. The molecule has 2 aromatic heterocycles. The smallest absolute Gasteiger partial charge is 0.126 e. The number of thiophene rings is 1. The first kappa shape index (κ1) is 15.4. The van der Waals surface area contributed by atoms with Gasteiger partial charge in [-0.3, -0.25) is 0 Å². The van der Waals surface area contributed by atoms with Crippen molar-refractivity contribution < 1.29 is 0 Å². The Morgan fingerprint density at radius 2 is 1.83 bits per heavy atom. The van der Waals surface area contributed by atoms with Crippen molar-refractivity contribution in [1.29, 1.82) is 0 Å². The quantitative estimate of drug-likeness (QED) is 0.667. The first-order valence-corrected chi connectivity index (χ1v) is 9.98. The van der Waals surface area contributed by atoms with Crippen LogP contribution in [0.25, 0.3) is 10.2 Å². The van der Waals surface area contributed by atoms with Gasteiger partial charge < -0.3 is 5.73 Å². The van der Waals surface area contributed by atoms with Gasteiger partial charge in [-0.1, -0.05) is 27.2 Å². The molecule has 3 heteroatoms. The minimum absolute atomic E-state index is 0.352. The molecule has 0 saturated heterocycles. The van der Waals surface area contributed by atoms with Crippen LogP contribution in [0.3, 0.4) is 0 Å². The maximum atomic E-state index is 6.73. The van der Waals surface area contributed by atoms with Crippen LogP contribution in [-0.4, -0.2) is 4.98 Å². The molecule has 0 bridgehead atoms. The number of rotatable bonds is 0. The van der Waals surface area contributed by atoms with Gasteiger partial charge in [-0.05, 0) is 67.4 Å². The lowest BCUT2D eigenvalue weighted by molar-refractivity contribution is 0.215. The maximum Gasteiger partial charge on any atom is 0.126 e. The first-order chi connectivity index (χ1) is 10.9. The zero-order valence-electron chi connectivity index (χ0n) is 14.7. The van der Waals surface area contributed by atoms with Crippen molar-refractivity contribution in [2.24, 2.45) is 11.3 Å². The summed E-state index contributed by atoms with van der Waals surface area (Å²) in [5, 5.41) is 1.32. The van der Waals surface area contributed by atoms with E-state index in [4.69, 9.17) is 10.7 Å². The van der Waals surface area contributed by atoms with E-state index in [0.717, 1.165) is 18.5 Å². The molecule has 4 rings (SSSR count). The molecule has 0 amide bonds. The number of pyridine rings is 1. The van der Waals surface area contributed by atoms with Crippen LogP contribution in [0.1, 0.15) is 68.2 Å². The molecule has 2 aliphatic carbocycles. The molecule has 0 fully saturated rings. The molecule has 0 spiro atoms. The minimum atomic E-state index is 0.352.